The van der Waals surface area contributed by atoms with Crippen LogP contribution in [-0.2, 0) is 0 Å². The van der Waals surface area contributed by atoms with Crippen LogP contribution >= 0.6 is 0 Å². The van der Waals surface area contributed by atoms with Gasteiger partial charge in [-0.2, -0.15) is 0 Å². The summed E-state index contributed by atoms with van der Waals surface area (Å²) < 4.78 is 12.7. The number of urea groups is 1. The molecular formula is C12H16FN3O. The predicted molar refractivity (Wildman–Crippen MR) is 64.2 cm³/mol. The molecule has 1 aliphatic rings. The van der Waals surface area contributed by atoms with Gasteiger partial charge in [-0.3, -0.25) is 0 Å². The molecule has 1 atom stereocenters. The summed E-state index contributed by atoms with van der Waals surface area (Å²) in [4.78, 5) is 13.7. The average Bonchev–Trinajstić information content (AvgIpc) is 2.80. The maximum atomic E-state index is 12.7. The van der Waals surface area contributed by atoms with E-state index in [-0.39, 0.29) is 17.9 Å². The number of carbonyl (C=O) groups excluding carboxylic acids is 1. The molecule has 0 bridgehead atoms. The van der Waals surface area contributed by atoms with Crippen molar-refractivity contribution in [3.05, 3.63) is 30.1 Å². The van der Waals surface area contributed by atoms with Gasteiger partial charge in [-0.1, -0.05) is 0 Å². The molecule has 0 radical (unpaired) electrons. The van der Waals surface area contributed by atoms with Crippen molar-refractivity contribution < 1.29 is 9.18 Å². The first-order valence-corrected chi connectivity index (χ1v) is 5.74. The fourth-order valence-electron chi connectivity index (χ4n) is 2.08. The molecule has 0 aliphatic carbocycles. The van der Waals surface area contributed by atoms with Crippen LogP contribution in [0, 0.1) is 5.82 Å². The molecule has 0 aromatic heterocycles. The van der Waals surface area contributed by atoms with E-state index in [0.29, 0.717) is 12.2 Å². The molecule has 1 saturated heterocycles. The van der Waals surface area contributed by atoms with E-state index in [1.165, 1.54) is 12.1 Å². The van der Waals surface area contributed by atoms with Gasteiger partial charge in [-0.05, 0) is 37.1 Å². The van der Waals surface area contributed by atoms with E-state index in [4.69, 9.17) is 5.73 Å². The molecule has 0 saturated carbocycles. The molecule has 2 rings (SSSR count). The molecular weight excluding hydrogens is 221 g/mol. The Morgan fingerprint density at radius 2 is 2.18 bits per heavy atom. The lowest BCUT2D eigenvalue weighted by Gasteiger charge is -2.23. The van der Waals surface area contributed by atoms with Crippen molar-refractivity contribution in [2.45, 2.75) is 18.9 Å². The molecule has 0 spiro atoms. The van der Waals surface area contributed by atoms with E-state index in [9.17, 15) is 9.18 Å². The van der Waals surface area contributed by atoms with E-state index < -0.39 is 0 Å². The van der Waals surface area contributed by atoms with Crippen molar-refractivity contribution in [2.24, 2.45) is 5.73 Å². The zero-order valence-corrected chi connectivity index (χ0v) is 9.53. The first-order valence-electron chi connectivity index (χ1n) is 5.74. The smallest absolute Gasteiger partial charge is 0.322 e. The first kappa shape index (κ1) is 11.9. The number of nitrogens with two attached hydrogens (primary N) is 1. The molecule has 1 aliphatic heterocycles. The number of amides is 2. The number of rotatable bonds is 2. The lowest BCUT2D eigenvalue weighted by atomic mass is 10.2. The molecule has 1 aromatic rings. The Morgan fingerprint density at radius 3 is 2.82 bits per heavy atom. The highest BCUT2D eigenvalue weighted by atomic mass is 19.1. The lowest BCUT2D eigenvalue weighted by Crippen LogP contribution is -2.42. The van der Waals surface area contributed by atoms with Crippen molar-refractivity contribution in [3.63, 3.8) is 0 Å². The Kier molecular flexibility index (Phi) is 3.58. The SMILES string of the molecule is NCC1CCCN1C(=O)Nc1ccc(F)cc1. The fourth-order valence-corrected chi connectivity index (χ4v) is 2.08. The van der Waals surface area contributed by atoms with Crippen LogP contribution in [-0.4, -0.2) is 30.1 Å². The number of anilines is 1. The summed E-state index contributed by atoms with van der Waals surface area (Å²) >= 11 is 0. The van der Waals surface area contributed by atoms with Gasteiger partial charge < -0.3 is 16.0 Å². The monoisotopic (exact) mass is 237 g/mol. The van der Waals surface area contributed by atoms with E-state index >= 15 is 0 Å². The second kappa shape index (κ2) is 5.14. The van der Waals surface area contributed by atoms with Crippen molar-refractivity contribution in [1.29, 1.82) is 0 Å². The highest BCUT2D eigenvalue weighted by molar-refractivity contribution is 5.89. The molecule has 17 heavy (non-hydrogen) atoms. The maximum absolute atomic E-state index is 12.7. The van der Waals surface area contributed by atoms with Gasteiger partial charge in [0.2, 0.25) is 0 Å². The van der Waals surface area contributed by atoms with Gasteiger partial charge in [0, 0.05) is 24.8 Å². The lowest BCUT2D eigenvalue weighted by molar-refractivity contribution is 0.208. The second-order valence-electron chi connectivity index (χ2n) is 4.16. The Labute approximate surface area is 99.6 Å². The standard InChI is InChI=1S/C12H16FN3O/c13-9-3-5-10(6-4-9)15-12(17)16-7-1-2-11(16)8-14/h3-6,11H,1-2,7-8,14H2,(H,15,17). The minimum atomic E-state index is -0.316. The largest absolute Gasteiger partial charge is 0.328 e. The first-order chi connectivity index (χ1) is 8.20. The van der Waals surface area contributed by atoms with Gasteiger partial charge >= 0.3 is 6.03 Å². The van der Waals surface area contributed by atoms with Crippen LogP contribution in [0.5, 0.6) is 0 Å². The summed E-state index contributed by atoms with van der Waals surface area (Å²) in [6.07, 6.45) is 1.94. The minimum Gasteiger partial charge on any atom is -0.328 e. The third kappa shape index (κ3) is 2.74. The predicted octanol–water partition coefficient (Wildman–Crippen LogP) is 1.78. The highest BCUT2D eigenvalue weighted by Gasteiger charge is 2.27. The second-order valence-corrected chi connectivity index (χ2v) is 4.16. The summed E-state index contributed by atoms with van der Waals surface area (Å²) in [7, 11) is 0. The van der Waals surface area contributed by atoms with E-state index in [1.807, 2.05) is 0 Å². The third-order valence-electron chi connectivity index (χ3n) is 3.01. The third-order valence-corrected chi connectivity index (χ3v) is 3.01. The molecule has 1 fully saturated rings. The molecule has 2 amide bonds. The normalized spacial score (nSPS) is 19.4. The van der Waals surface area contributed by atoms with Crippen LogP contribution in [0.3, 0.4) is 0 Å². The number of nitrogens with zero attached hydrogens (tertiary/aromatic N) is 1. The number of halogens is 1. The fraction of sp³-hybridized carbons (Fsp3) is 0.417. The van der Waals surface area contributed by atoms with Crippen LogP contribution in [0.2, 0.25) is 0 Å². The number of benzene rings is 1. The van der Waals surface area contributed by atoms with Gasteiger partial charge in [-0.15, -0.1) is 0 Å². The molecule has 1 heterocycles. The zero-order chi connectivity index (χ0) is 12.3. The van der Waals surface area contributed by atoms with Crippen LogP contribution in [0.15, 0.2) is 24.3 Å². The van der Waals surface area contributed by atoms with E-state index in [2.05, 4.69) is 5.32 Å². The minimum absolute atomic E-state index is 0.121. The Balaban J connectivity index is 1.99. The molecule has 92 valence electrons. The van der Waals surface area contributed by atoms with Crippen LogP contribution < -0.4 is 11.1 Å². The van der Waals surface area contributed by atoms with Gasteiger partial charge in [0.05, 0.1) is 0 Å². The van der Waals surface area contributed by atoms with E-state index in [1.54, 1.807) is 17.0 Å². The molecule has 1 aromatic carbocycles. The van der Waals surface area contributed by atoms with E-state index in [0.717, 1.165) is 19.4 Å². The van der Waals surface area contributed by atoms with Gasteiger partial charge in [0.25, 0.3) is 0 Å². The topological polar surface area (TPSA) is 58.4 Å². The van der Waals surface area contributed by atoms with Gasteiger partial charge in [0.1, 0.15) is 5.82 Å². The number of carbonyl (C=O) groups is 1. The van der Waals surface area contributed by atoms with Crippen molar-refractivity contribution in [2.75, 3.05) is 18.4 Å². The summed E-state index contributed by atoms with van der Waals surface area (Å²) in [6.45, 7) is 1.21. The Hall–Kier alpha value is -1.62. The number of hydrogen-bond donors (Lipinski definition) is 2. The van der Waals surface area contributed by atoms with Crippen molar-refractivity contribution in [1.82, 2.24) is 4.90 Å². The van der Waals surface area contributed by atoms with Crippen LogP contribution in [0.4, 0.5) is 14.9 Å². The number of nitrogens with one attached hydrogen (secondary N) is 1. The number of hydrogen-bond acceptors (Lipinski definition) is 2. The van der Waals surface area contributed by atoms with Crippen molar-refractivity contribution >= 4 is 11.7 Å². The summed E-state index contributed by atoms with van der Waals surface area (Å²) in [5.74, 6) is -0.316. The Bertz CT molecular complexity index is 393. The summed E-state index contributed by atoms with van der Waals surface area (Å²) in [6, 6.07) is 5.68. The quantitative estimate of drug-likeness (QED) is 0.823. The average molecular weight is 237 g/mol. The number of likely N-dealkylation sites (tertiary alicyclic amines) is 1. The van der Waals surface area contributed by atoms with Gasteiger partial charge in [-0.25, -0.2) is 9.18 Å². The van der Waals surface area contributed by atoms with Gasteiger partial charge in [0.15, 0.2) is 0 Å². The zero-order valence-electron chi connectivity index (χ0n) is 9.53. The molecule has 5 heteroatoms. The molecule has 1 unspecified atom stereocenters. The maximum Gasteiger partial charge on any atom is 0.322 e. The molecule has 4 nitrogen and oxygen atoms in total. The Morgan fingerprint density at radius 1 is 1.47 bits per heavy atom. The summed E-state index contributed by atoms with van der Waals surface area (Å²) in [5.41, 5.74) is 6.20. The van der Waals surface area contributed by atoms with Crippen LogP contribution in [0.25, 0.3) is 0 Å². The van der Waals surface area contributed by atoms with Crippen LogP contribution in [0.1, 0.15) is 12.8 Å². The molecule has 3 N–H and O–H groups in total. The highest BCUT2D eigenvalue weighted by Crippen LogP contribution is 2.18. The summed E-state index contributed by atoms with van der Waals surface area (Å²) in [5, 5.41) is 2.74. The van der Waals surface area contributed by atoms with Crippen molar-refractivity contribution in [3.8, 4) is 0 Å².